The maximum absolute atomic E-state index is 10.8. The lowest BCUT2D eigenvalue weighted by atomic mass is 10.1. The van der Waals surface area contributed by atoms with E-state index in [2.05, 4.69) is 10.6 Å². The Morgan fingerprint density at radius 2 is 2.60 bits per heavy atom. The minimum atomic E-state index is -0.470. The predicted octanol–water partition coefficient (Wildman–Crippen LogP) is -0.930. The van der Waals surface area contributed by atoms with E-state index in [-0.39, 0.29) is 12.1 Å². The summed E-state index contributed by atoms with van der Waals surface area (Å²) < 4.78 is 0. The molecule has 2 atom stereocenters. The number of amides is 2. The summed E-state index contributed by atoms with van der Waals surface area (Å²) >= 11 is 1.76. The fourth-order valence-corrected chi connectivity index (χ4v) is 2.64. The molecule has 2 fully saturated rings. The second-order valence-electron chi connectivity index (χ2n) is 2.71. The molecule has 4 N–H and O–H groups in total. The number of hydrogen-bond acceptors (Lipinski definition) is 3. The molecule has 2 amide bonds. The van der Waals surface area contributed by atoms with E-state index in [9.17, 15) is 4.79 Å². The molecule has 4 nitrogen and oxygen atoms in total. The van der Waals surface area contributed by atoms with Crippen LogP contribution in [0.15, 0.2) is 0 Å². The van der Waals surface area contributed by atoms with E-state index < -0.39 is 5.66 Å². The van der Waals surface area contributed by atoms with Crippen LogP contribution in [-0.4, -0.2) is 29.2 Å². The third-order valence-corrected chi connectivity index (χ3v) is 3.15. The average molecular weight is 159 g/mol. The van der Waals surface area contributed by atoms with Gasteiger partial charge in [-0.1, -0.05) is 0 Å². The van der Waals surface area contributed by atoms with Gasteiger partial charge in [-0.25, -0.2) is 4.79 Å². The van der Waals surface area contributed by atoms with Gasteiger partial charge < -0.3 is 16.4 Å². The van der Waals surface area contributed by atoms with Crippen LogP contribution in [0, 0.1) is 0 Å². The molecule has 0 bridgehead atoms. The highest BCUT2D eigenvalue weighted by Gasteiger charge is 2.47. The highest BCUT2D eigenvalue weighted by molar-refractivity contribution is 7.99. The molecular weight excluding hydrogens is 150 g/mol. The van der Waals surface area contributed by atoms with Gasteiger partial charge in [0.2, 0.25) is 0 Å². The first kappa shape index (κ1) is 6.30. The number of rotatable bonds is 0. The molecular formula is C5H9N3OS. The normalized spacial score (nSPS) is 44.5. The monoisotopic (exact) mass is 159 g/mol. The topological polar surface area (TPSA) is 67.1 Å². The largest absolute Gasteiger partial charge is 0.331 e. The summed E-state index contributed by atoms with van der Waals surface area (Å²) in [5.41, 5.74) is 5.37. The van der Waals surface area contributed by atoms with Crippen LogP contribution in [0.5, 0.6) is 0 Å². The highest BCUT2D eigenvalue weighted by Crippen LogP contribution is 2.26. The number of thioether (sulfide) groups is 1. The summed E-state index contributed by atoms with van der Waals surface area (Å²) in [6.45, 7) is 0. The Bertz CT molecular complexity index is 186. The van der Waals surface area contributed by atoms with Crippen LogP contribution in [0.25, 0.3) is 0 Å². The molecule has 2 aliphatic rings. The SMILES string of the molecule is N[C@@]12CSC[C@@H]1NC(=O)N2. The van der Waals surface area contributed by atoms with Gasteiger partial charge in [-0.05, 0) is 0 Å². The average Bonchev–Trinajstić information content (AvgIpc) is 2.20. The van der Waals surface area contributed by atoms with E-state index in [4.69, 9.17) is 5.73 Å². The molecule has 2 aliphatic heterocycles. The van der Waals surface area contributed by atoms with Crippen molar-refractivity contribution in [2.24, 2.45) is 5.73 Å². The Balaban J connectivity index is 2.22. The summed E-state index contributed by atoms with van der Waals surface area (Å²) in [6, 6.07) is -0.00204. The first-order valence-electron chi connectivity index (χ1n) is 3.16. The Morgan fingerprint density at radius 3 is 3.30 bits per heavy atom. The zero-order valence-corrected chi connectivity index (χ0v) is 6.20. The Hall–Kier alpha value is -0.420. The third kappa shape index (κ3) is 0.705. The first-order chi connectivity index (χ1) is 4.71. The van der Waals surface area contributed by atoms with Gasteiger partial charge >= 0.3 is 6.03 Å². The van der Waals surface area contributed by atoms with Crippen LogP contribution in [0.1, 0.15) is 0 Å². The number of fused-ring (bicyclic) bond motifs is 1. The molecule has 10 heavy (non-hydrogen) atoms. The van der Waals surface area contributed by atoms with Gasteiger partial charge in [0.15, 0.2) is 0 Å². The van der Waals surface area contributed by atoms with Crippen molar-refractivity contribution in [2.45, 2.75) is 11.7 Å². The van der Waals surface area contributed by atoms with Crippen LogP contribution in [0.3, 0.4) is 0 Å². The quantitative estimate of drug-likeness (QED) is 0.400. The fourth-order valence-electron chi connectivity index (χ4n) is 1.29. The van der Waals surface area contributed by atoms with E-state index in [1.165, 1.54) is 0 Å². The van der Waals surface area contributed by atoms with Crippen LogP contribution in [0.2, 0.25) is 0 Å². The van der Waals surface area contributed by atoms with Crippen LogP contribution < -0.4 is 16.4 Å². The van der Waals surface area contributed by atoms with Gasteiger partial charge in [-0.2, -0.15) is 11.8 Å². The molecule has 2 heterocycles. The smallest absolute Gasteiger partial charge is 0.316 e. The zero-order chi connectivity index (χ0) is 7.19. The molecule has 0 aromatic rings. The second kappa shape index (κ2) is 1.79. The predicted molar refractivity (Wildman–Crippen MR) is 39.7 cm³/mol. The maximum atomic E-state index is 10.8. The van der Waals surface area contributed by atoms with E-state index in [0.29, 0.717) is 0 Å². The van der Waals surface area contributed by atoms with E-state index in [1.54, 1.807) is 11.8 Å². The molecule has 0 aromatic carbocycles. The van der Waals surface area contributed by atoms with Crippen molar-refractivity contribution in [3.8, 4) is 0 Å². The Labute approximate surface area is 62.9 Å². The van der Waals surface area contributed by atoms with Crippen molar-refractivity contribution in [1.29, 1.82) is 0 Å². The molecule has 0 unspecified atom stereocenters. The van der Waals surface area contributed by atoms with Crippen molar-refractivity contribution in [3.63, 3.8) is 0 Å². The van der Waals surface area contributed by atoms with Gasteiger partial charge in [0.1, 0.15) is 5.66 Å². The highest BCUT2D eigenvalue weighted by atomic mass is 32.2. The molecule has 2 rings (SSSR count). The molecule has 0 aliphatic carbocycles. The van der Waals surface area contributed by atoms with Gasteiger partial charge in [0.05, 0.1) is 6.04 Å². The third-order valence-electron chi connectivity index (χ3n) is 1.90. The van der Waals surface area contributed by atoms with E-state index in [1.807, 2.05) is 0 Å². The first-order valence-corrected chi connectivity index (χ1v) is 4.31. The summed E-state index contributed by atoms with van der Waals surface area (Å²) in [7, 11) is 0. The summed E-state index contributed by atoms with van der Waals surface area (Å²) in [5, 5.41) is 5.46. The number of hydrogen-bond donors (Lipinski definition) is 3. The minimum Gasteiger partial charge on any atom is -0.331 e. The Morgan fingerprint density at radius 1 is 1.80 bits per heavy atom. The van der Waals surface area contributed by atoms with Gasteiger partial charge in [0.25, 0.3) is 0 Å². The van der Waals surface area contributed by atoms with Crippen LogP contribution in [0.4, 0.5) is 4.79 Å². The summed E-state index contributed by atoms with van der Waals surface area (Å²) in [6.07, 6.45) is 0. The lowest BCUT2D eigenvalue weighted by Crippen LogP contribution is -2.56. The van der Waals surface area contributed by atoms with Gasteiger partial charge in [-0.15, -0.1) is 0 Å². The van der Waals surface area contributed by atoms with Gasteiger partial charge in [0, 0.05) is 11.5 Å². The number of nitrogens with one attached hydrogen (secondary N) is 2. The maximum Gasteiger partial charge on any atom is 0.316 e. The number of urea groups is 1. The van der Waals surface area contributed by atoms with Crippen molar-refractivity contribution in [3.05, 3.63) is 0 Å². The zero-order valence-electron chi connectivity index (χ0n) is 5.39. The molecule has 0 saturated carbocycles. The lowest BCUT2D eigenvalue weighted by Gasteiger charge is -2.20. The number of carbonyl (C=O) groups excluding carboxylic acids is 1. The summed E-state index contributed by atoms with van der Waals surface area (Å²) in [4.78, 5) is 10.8. The Kier molecular flexibility index (Phi) is 1.13. The fraction of sp³-hybridized carbons (Fsp3) is 0.800. The number of nitrogens with two attached hydrogens (primary N) is 1. The minimum absolute atomic E-state index is 0.130. The molecule has 56 valence electrons. The lowest BCUT2D eigenvalue weighted by molar-refractivity contribution is 0.245. The standard InChI is InChI=1S/C5H9N3OS/c6-5-2-10-1-3(5)7-4(9)8-5/h3H,1-2,6H2,(H2,7,8,9)/t3-,5+/m0/s1. The number of carbonyl (C=O) groups is 1. The van der Waals surface area contributed by atoms with E-state index in [0.717, 1.165) is 11.5 Å². The van der Waals surface area contributed by atoms with Crippen molar-refractivity contribution in [2.75, 3.05) is 11.5 Å². The molecule has 5 heteroatoms. The van der Waals surface area contributed by atoms with Crippen molar-refractivity contribution < 1.29 is 4.79 Å². The summed E-state index contributed by atoms with van der Waals surface area (Å²) in [5.74, 6) is 1.74. The van der Waals surface area contributed by atoms with Crippen molar-refractivity contribution in [1.82, 2.24) is 10.6 Å². The molecule has 0 radical (unpaired) electrons. The van der Waals surface area contributed by atoms with Crippen LogP contribution in [-0.2, 0) is 0 Å². The second-order valence-corrected chi connectivity index (χ2v) is 3.74. The van der Waals surface area contributed by atoms with Crippen molar-refractivity contribution >= 4 is 17.8 Å². The molecule has 0 spiro atoms. The van der Waals surface area contributed by atoms with E-state index >= 15 is 0 Å². The van der Waals surface area contributed by atoms with Gasteiger partial charge in [-0.3, -0.25) is 0 Å². The molecule has 2 saturated heterocycles. The molecule has 0 aromatic heterocycles. The van der Waals surface area contributed by atoms with Crippen LogP contribution >= 0.6 is 11.8 Å².